The molecular weight excluding hydrogens is 373 g/mol. The third kappa shape index (κ3) is 4.31. The second-order valence-corrected chi connectivity index (χ2v) is 6.97. The molecule has 3 heterocycles. The summed E-state index contributed by atoms with van der Waals surface area (Å²) in [4.78, 5) is 30.9. The van der Waals surface area contributed by atoms with Gasteiger partial charge in [0, 0.05) is 42.7 Å². The minimum atomic E-state index is -0.395. The van der Waals surface area contributed by atoms with Gasteiger partial charge in [-0.15, -0.1) is 0 Å². The lowest BCUT2D eigenvalue weighted by atomic mass is 9.95. The van der Waals surface area contributed by atoms with Crippen LogP contribution in [-0.4, -0.2) is 45.0 Å². The van der Waals surface area contributed by atoms with Crippen molar-refractivity contribution >= 4 is 17.5 Å². The van der Waals surface area contributed by atoms with E-state index in [1.807, 2.05) is 12.1 Å². The molecule has 2 amide bonds. The Hall–Kier alpha value is -3.55. The first-order valence-electron chi connectivity index (χ1n) is 9.41. The summed E-state index contributed by atoms with van der Waals surface area (Å²) in [7, 11) is 0. The molecule has 1 aromatic carbocycles. The van der Waals surface area contributed by atoms with E-state index in [1.54, 1.807) is 35.5 Å². The van der Waals surface area contributed by atoms with Gasteiger partial charge >= 0.3 is 0 Å². The van der Waals surface area contributed by atoms with Gasteiger partial charge in [-0.05, 0) is 49.2 Å². The van der Waals surface area contributed by atoms with Crippen LogP contribution in [0.2, 0.25) is 0 Å². The lowest BCUT2D eigenvalue weighted by molar-refractivity contribution is -0.121. The smallest absolute Gasteiger partial charge is 0.271 e. The number of piperidine rings is 1. The van der Waals surface area contributed by atoms with Crippen molar-refractivity contribution in [1.82, 2.24) is 20.1 Å². The summed E-state index contributed by atoms with van der Waals surface area (Å²) < 4.78 is 13.3. The Kier molecular flexibility index (Phi) is 5.33. The van der Waals surface area contributed by atoms with Gasteiger partial charge in [-0.1, -0.05) is 6.07 Å². The number of halogens is 1. The largest absolute Gasteiger partial charge is 0.337 e. The van der Waals surface area contributed by atoms with Crippen molar-refractivity contribution in [3.8, 4) is 11.3 Å². The average molecular weight is 393 g/mol. The van der Waals surface area contributed by atoms with Crippen molar-refractivity contribution in [3.05, 3.63) is 66.4 Å². The van der Waals surface area contributed by atoms with E-state index < -0.39 is 5.82 Å². The van der Waals surface area contributed by atoms with Gasteiger partial charge in [0.05, 0.1) is 5.69 Å². The van der Waals surface area contributed by atoms with Crippen LogP contribution in [0.3, 0.4) is 0 Å². The van der Waals surface area contributed by atoms with Crippen LogP contribution in [0.15, 0.2) is 54.9 Å². The van der Waals surface area contributed by atoms with Crippen molar-refractivity contribution < 1.29 is 14.0 Å². The number of anilines is 1. The van der Waals surface area contributed by atoms with Gasteiger partial charge in [-0.2, -0.15) is 5.10 Å². The van der Waals surface area contributed by atoms with Gasteiger partial charge in [0.2, 0.25) is 5.91 Å². The van der Waals surface area contributed by atoms with Gasteiger partial charge in [0.1, 0.15) is 11.5 Å². The topological polar surface area (TPSA) is 91.0 Å². The highest BCUT2D eigenvalue weighted by Gasteiger charge is 2.28. The molecule has 148 valence electrons. The van der Waals surface area contributed by atoms with Crippen molar-refractivity contribution in [2.45, 2.75) is 12.8 Å². The molecule has 0 saturated carbocycles. The lowest BCUT2D eigenvalue weighted by Gasteiger charge is -2.31. The number of aromatic amines is 1. The van der Waals surface area contributed by atoms with Gasteiger partial charge in [0.25, 0.3) is 5.91 Å². The minimum Gasteiger partial charge on any atom is -0.337 e. The van der Waals surface area contributed by atoms with E-state index in [0.717, 1.165) is 5.56 Å². The van der Waals surface area contributed by atoms with E-state index in [2.05, 4.69) is 20.5 Å². The predicted octanol–water partition coefficient (Wildman–Crippen LogP) is 3.10. The molecule has 0 aliphatic carbocycles. The third-order valence-corrected chi connectivity index (χ3v) is 5.03. The van der Waals surface area contributed by atoms with Crippen LogP contribution in [0.4, 0.5) is 10.1 Å². The number of carbonyl (C=O) groups is 2. The Balaban J connectivity index is 1.34. The second kappa shape index (κ2) is 8.22. The molecule has 0 radical (unpaired) electrons. The molecule has 1 saturated heterocycles. The van der Waals surface area contributed by atoms with E-state index in [-0.39, 0.29) is 17.7 Å². The Labute approximate surface area is 167 Å². The molecule has 0 atom stereocenters. The number of benzene rings is 1. The number of amides is 2. The van der Waals surface area contributed by atoms with Crippen LogP contribution in [0.5, 0.6) is 0 Å². The zero-order valence-electron chi connectivity index (χ0n) is 15.6. The number of aromatic nitrogens is 3. The number of carbonyl (C=O) groups excluding carboxylic acids is 2. The number of hydrogen-bond acceptors (Lipinski definition) is 4. The molecule has 0 bridgehead atoms. The molecule has 3 aromatic rings. The molecule has 2 N–H and O–H groups in total. The summed E-state index contributed by atoms with van der Waals surface area (Å²) in [6, 6.07) is 11.2. The molecule has 1 aliphatic rings. The van der Waals surface area contributed by atoms with Gasteiger partial charge in [0.15, 0.2) is 0 Å². The van der Waals surface area contributed by atoms with Crippen LogP contribution < -0.4 is 5.32 Å². The SMILES string of the molecule is O=C(Nc1cccc(F)c1)C1CCN(C(=O)c2cc(-c3ccncc3)n[nH]2)CC1. The number of nitrogens with zero attached hydrogens (tertiary/aromatic N) is 3. The Morgan fingerprint density at radius 1 is 1.10 bits per heavy atom. The quantitative estimate of drug-likeness (QED) is 0.713. The predicted molar refractivity (Wildman–Crippen MR) is 105 cm³/mol. The standard InChI is InChI=1S/C21H20FN5O2/c22-16-2-1-3-17(12-16)24-20(28)15-6-10-27(11-7-15)21(29)19-13-18(25-26-19)14-4-8-23-9-5-14/h1-5,8-9,12-13,15H,6-7,10-11H2,(H,24,28)(H,25,26). The van der Waals surface area contributed by atoms with E-state index in [4.69, 9.17) is 0 Å². The first kappa shape index (κ1) is 18.8. The van der Waals surface area contributed by atoms with Crippen molar-refractivity contribution in [2.75, 3.05) is 18.4 Å². The molecule has 7 nitrogen and oxygen atoms in total. The maximum atomic E-state index is 13.3. The maximum absolute atomic E-state index is 13.3. The van der Waals surface area contributed by atoms with Crippen LogP contribution in [0.1, 0.15) is 23.3 Å². The highest BCUT2D eigenvalue weighted by molar-refractivity contribution is 5.95. The zero-order chi connectivity index (χ0) is 20.2. The van der Waals surface area contributed by atoms with Crippen LogP contribution in [0.25, 0.3) is 11.3 Å². The summed E-state index contributed by atoms with van der Waals surface area (Å²) in [5.41, 5.74) is 2.41. The Morgan fingerprint density at radius 3 is 2.59 bits per heavy atom. The van der Waals surface area contributed by atoms with Crippen molar-refractivity contribution in [2.24, 2.45) is 5.92 Å². The molecule has 0 spiro atoms. The highest BCUT2D eigenvalue weighted by Crippen LogP contribution is 2.22. The number of hydrogen-bond donors (Lipinski definition) is 2. The molecule has 0 unspecified atom stereocenters. The number of likely N-dealkylation sites (tertiary alicyclic amines) is 1. The first-order chi connectivity index (χ1) is 14.1. The molecule has 8 heteroatoms. The van der Waals surface area contributed by atoms with E-state index >= 15 is 0 Å². The summed E-state index contributed by atoms with van der Waals surface area (Å²) in [6.45, 7) is 0.952. The minimum absolute atomic E-state index is 0.137. The van der Waals surface area contributed by atoms with E-state index in [0.29, 0.717) is 43.0 Å². The highest BCUT2D eigenvalue weighted by atomic mass is 19.1. The van der Waals surface area contributed by atoms with Gasteiger partial charge in [-0.3, -0.25) is 19.7 Å². The van der Waals surface area contributed by atoms with E-state index in [9.17, 15) is 14.0 Å². The Morgan fingerprint density at radius 2 is 1.86 bits per heavy atom. The third-order valence-electron chi connectivity index (χ3n) is 5.03. The summed E-state index contributed by atoms with van der Waals surface area (Å²) in [5.74, 6) is -0.892. The molecule has 29 heavy (non-hydrogen) atoms. The number of nitrogens with one attached hydrogen (secondary N) is 2. The van der Waals surface area contributed by atoms with Crippen molar-refractivity contribution in [1.29, 1.82) is 0 Å². The molecule has 1 aliphatic heterocycles. The molecule has 2 aromatic heterocycles. The van der Waals surface area contributed by atoms with Crippen LogP contribution in [-0.2, 0) is 4.79 Å². The monoisotopic (exact) mass is 393 g/mol. The molecule has 1 fully saturated rings. The normalized spacial score (nSPS) is 14.6. The fourth-order valence-corrected chi connectivity index (χ4v) is 3.43. The van der Waals surface area contributed by atoms with Gasteiger partial charge in [-0.25, -0.2) is 4.39 Å². The molecular formula is C21H20FN5O2. The van der Waals surface area contributed by atoms with Crippen LogP contribution >= 0.6 is 0 Å². The summed E-state index contributed by atoms with van der Waals surface area (Å²) >= 11 is 0. The lowest BCUT2D eigenvalue weighted by Crippen LogP contribution is -2.41. The van der Waals surface area contributed by atoms with Gasteiger partial charge < -0.3 is 10.2 Å². The van der Waals surface area contributed by atoms with Crippen molar-refractivity contribution in [3.63, 3.8) is 0 Å². The second-order valence-electron chi connectivity index (χ2n) is 6.97. The summed E-state index contributed by atoms with van der Waals surface area (Å²) in [6.07, 6.45) is 4.45. The number of H-pyrrole nitrogens is 1. The average Bonchev–Trinajstić information content (AvgIpc) is 3.24. The van der Waals surface area contributed by atoms with E-state index in [1.165, 1.54) is 12.1 Å². The number of rotatable bonds is 4. The maximum Gasteiger partial charge on any atom is 0.271 e. The fourth-order valence-electron chi connectivity index (χ4n) is 3.43. The zero-order valence-corrected chi connectivity index (χ0v) is 15.6. The Bertz CT molecular complexity index is 1010. The summed E-state index contributed by atoms with van der Waals surface area (Å²) in [5, 5.41) is 9.75. The van der Waals surface area contributed by atoms with Crippen LogP contribution in [0, 0.1) is 11.7 Å². The number of pyridine rings is 1. The first-order valence-corrected chi connectivity index (χ1v) is 9.41. The molecule has 4 rings (SSSR count). The fraction of sp³-hybridized carbons (Fsp3) is 0.238.